The van der Waals surface area contributed by atoms with Crippen LogP contribution in [0, 0.1) is 0 Å². The van der Waals surface area contributed by atoms with Crippen molar-refractivity contribution in [3.05, 3.63) is 24.3 Å². The van der Waals surface area contributed by atoms with Crippen LogP contribution in [0.4, 0.5) is 11.4 Å². The molecule has 1 heterocycles. The fourth-order valence-corrected chi connectivity index (χ4v) is 2.28. The molecular formula is C12H15BrN2O. The Hall–Kier alpha value is -1.03. The molecule has 1 saturated heterocycles. The van der Waals surface area contributed by atoms with Crippen molar-refractivity contribution < 1.29 is 4.79 Å². The second kappa shape index (κ2) is 4.45. The van der Waals surface area contributed by atoms with Crippen molar-refractivity contribution in [2.75, 3.05) is 30.4 Å². The molecule has 0 aliphatic carbocycles. The number of alkyl halides is 1. The van der Waals surface area contributed by atoms with Gasteiger partial charge in [0.15, 0.2) is 0 Å². The van der Waals surface area contributed by atoms with Crippen LogP contribution in [-0.4, -0.2) is 31.4 Å². The van der Waals surface area contributed by atoms with E-state index in [1.54, 1.807) is 0 Å². The summed E-state index contributed by atoms with van der Waals surface area (Å²) in [6.07, 6.45) is 0.883. The molecule has 0 radical (unpaired) electrons. The van der Waals surface area contributed by atoms with Gasteiger partial charge in [0, 0.05) is 32.0 Å². The van der Waals surface area contributed by atoms with Gasteiger partial charge < -0.3 is 9.80 Å². The number of benzene rings is 1. The Morgan fingerprint density at radius 2 is 1.94 bits per heavy atom. The first-order valence-corrected chi connectivity index (χ1v) is 6.24. The van der Waals surface area contributed by atoms with Crippen LogP contribution in [0.15, 0.2) is 24.3 Å². The fraction of sp³-hybridized carbons (Fsp3) is 0.417. The van der Waals surface area contributed by atoms with Gasteiger partial charge in [-0.3, -0.25) is 4.79 Å². The SMILES string of the molecule is CN(C)c1ccc(N2CCC(Br)C2=O)cc1. The third-order valence-electron chi connectivity index (χ3n) is 2.82. The highest BCUT2D eigenvalue weighted by Gasteiger charge is 2.30. The largest absolute Gasteiger partial charge is 0.378 e. The number of rotatable bonds is 2. The first-order chi connectivity index (χ1) is 7.59. The topological polar surface area (TPSA) is 23.6 Å². The van der Waals surface area contributed by atoms with Crippen molar-refractivity contribution in [3.63, 3.8) is 0 Å². The highest BCUT2D eigenvalue weighted by atomic mass is 79.9. The summed E-state index contributed by atoms with van der Waals surface area (Å²) in [5.41, 5.74) is 2.13. The van der Waals surface area contributed by atoms with E-state index in [1.165, 1.54) is 0 Å². The van der Waals surface area contributed by atoms with Gasteiger partial charge >= 0.3 is 0 Å². The molecule has 3 nitrogen and oxygen atoms in total. The Morgan fingerprint density at radius 1 is 1.31 bits per heavy atom. The molecule has 4 heteroatoms. The smallest absolute Gasteiger partial charge is 0.240 e. The summed E-state index contributed by atoms with van der Waals surface area (Å²) in [5, 5.41) is 0. The Morgan fingerprint density at radius 3 is 2.38 bits per heavy atom. The van der Waals surface area contributed by atoms with Crippen LogP contribution >= 0.6 is 15.9 Å². The van der Waals surface area contributed by atoms with E-state index in [2.05, 4.69) is 15.9 Å². The maximum absolute atomic E-state index is 11.8. The third kappa shape index (κ3) is 2.07. The first kappa shape index (κ1) is 11.5. The summed E-state index contributed by atoms with van der Waals surface area (Å²) in [4.78, 5) is 15.7. The standard InChI is InChI=1S/C12H15BrN2O/c1-14(2)9-3-5-10(6-4-9)15-8-7-11(13)12(15)16/h3-6,11H,7-8H2,1-2H3. The number of hydrogen-bond acceptors (Lipinski definition) is 2. The van der Waals surface area contributed by atoms with Gasteiger partial charge in [0.1, 0.15) is 0 Å². The molecular weight excluding hydrogens is 268 g/mol. The molecule has 16 heavy (non-hydrogen) atoms. The second-order valence-electron chi connectivity index (χ2n) is 4.16. The van der Waals surface area contributed by atoms with Gasteiger partial charge in [-0.15, -0.1) is 0 Å². The monoisotopic (exact) mass is 282 g/mol. The van der Waals surface area contributed by atoms with Crippen molar-refractivity contribution >= 4 is 33.2 Å². The third-order valence-corrected chi connectivity index (χ3v) is 3.67. The summed E-state index contributed by atoms with van der Waals surface area (Å²) in [7, 11) is 4.01. The lowest BCUT2D eigenvalue weighted by atomic mass is 10.2. The summed E-state index contributed by atoms with van der Waals surface area (Å²) >= 11 is 3.38. The highest BCUT2D eigenvalue weighted by molar-refractivity contribution is 9.10. The molecule has 0 aromatic heterocycles. The Labute approximate surface area is 104 Å². The number of carbonyl (C=O) groups is 1. The maximum Gasteiger partial charge on any atom is 0.240 e. The minimum atomic E-state index is -0.0129. The molecule has 0 bridgehead atoms. The van der Waals surface area contributed by atoms with Gasteiger partial charge in [0.05, 0.1) is 4.83 Å². The van der Waals surface area contributed by atoms with Crippen LogP contribution in [-0.2, 0) is 4.79 Å². The maximum atomic E-state index is 11.8. The second-order valence-corrected chi connectivity index (χ2v) is 5.26. The summed E-state index contributed by atoms with van der Waals surface area (Å²) < 4.78 is 0. The van der Waals surface area contributed by atoms with Crippen LogP contribution in [0.1, 0.15) is 6.42 Å². The van der Waals surface area contributed by atoms with Crippen LogP contribution in [0.2, 0.25) is 0 Å². The van der Waals surface area contributed by atoms with Gasteiger partial charge in [-0.25, -0.2) is 0 Å². The zero-order valence-corrected chi connectivity index (χ0v) is 11.1. The van der Waals surface area contributed by atoms with Gasteiger partial charge in [-0.1, -0.05) is 15.9 Å². The van der Waals surface area contributed by atoms with E-state index < -0.39 is 0 Å². The van der Waals surface area contributed by atoms with Crippen molar-refractivity contribution in [1.29, 1.82) is 0 Å². The quantitative estimate of drug-likeness (QED) is 0.777. The van der Waals surface area contributed by atoms with Crippen molar-refractivity contribution in [1.82, 2.24) is 0 Å². The summed E-state index contributed by atoms with van der Waals surface area (Å²) in [6.45, 7) is 0.802. The van der Waals surface area contributed by atoms with Crippen LogP contribution < -0.4 is 9.80 Å². The Balaban J connectivity index is 2.19. The van der Waals surface area contributed by atoms with Crippen LogP contribution in [0.3, 0.4) is 0 Å². The molecule has 1 aromatic rings. The minimum Gasteiger partial charge on any atom is -0.378 e. The normalized spacial score (nSPS) is 20.3. The van der Waals surface area contributed by atoms with E-state index in [1.807, 2.05) is 48.2 Å². The van der Waals surface area contributed by atoms with E-state index in [-0.39, 0.29) is 10.7 Å². The van der Waals surface area contributed by atoms with E-state index in [0.29, 0.717) is 0 Å². The average Bonchev–Trinajstić information content (AvgIpc) is 2.60. The van der Waals surface area contributed by atoms with Crippen molar-refractivity contribution in [2.24, 2.45) is 0 Å². The zero-order chi connectivity index (χ0) is 11.7. The summed E-state index contributed by atoms with van der Waals surface area (Å²) in [5.74, 6) is 0.164. The lowest BCUT2D eigenvalue weighted by Crippen LogP contribution is -2.26. The predicted molar refractivity (Wildman–Crippen MR) is 70.5 cm³/mol. The number of carbonyl (C=O) groups excluding carboxylic acids is 1. The fourth-order valence-electron chi connectivity index (χ4n) is 1.83. The van der Waals surface area contributed by atoms with Gasteiger partial charge in [0.2, 0.25) is 5.91 Å². The summed E-state index contributed by atoms with van der Waals surface area (Å²) in [6, 6.07) is 8.06. The average molecular weight is 283 g/mol. The van der Waals surface area contributed by atoms with E-state index >= 15 is 0 Å². The van der Waals surface area contributed by atoms with Crippen molar-refractivity contribution in [2.45, 2.75) is 11.2 Å². The molecule has 0 saturated carbocycles. The van der Waals surface area contributed by atoms with Gasteiger partial charge in [-0.05, 0) is 30.7 Å². The molecule has 2 rings (SSSR count). The van der Waals surface area contributed by atoms with E-state index in [9.17, 15) is 4.79 Å². The molecule has 1 fully saturated rings. The van der Waals surface area contributed by atoms with Crippen LogP contribution in [0.25, 0.3) is 0 Å². The minimum absolute atomic E-state index is 0.0129. The first-order valence-electron chi connectivity index (χ1n) is 5.32. The van der Waals surface area contributed by atoms with Gasteiger partial charge in [-0.2, -0.15) is 0 Å². The van der Waals surface area contributed by atoms with E-state index in [0.717, 1.165) is 24.3 Å². The molecule has 0 spiro atoms. The molecule has 0 N–H and O–H groups in total. The molecule has 1 amide bonds. The zero-order valence-electron chi connectivity index (χ0n) is 9.48. The van der Waals surface area contributed by atoms with Gasteiger partial charge in [0.25, 0.3) is 0 Å². The molecule has 1 aliphatic rings. The highest BCUT2D eigenvalue weighted by Crippen LogP contribution is 2.26. The lowest BCUT2D eigenvalue weighted by Gasteiger charge is -2.18. The van der Waals surface area contributed by atoms with E-state index in [4.69, 9.17) is 0 Å². The Bertz CT molecular complexity index is 389. The number of anilines is 2. The number of nitrogens with zero attached hydrogens (tertiary/aromatic N) is 2. The molecule has 1 aromatic carbocycles. The van der Waals surface area contributed by atoms with Crippen molar-refractivity contribution in [3.8, 4) is 0 Å². The molecule has 1 aliphatic heterocycles. The predicted octanol–water partition coefficient (Wildman–Crippen LogP) is 2.25. The Kier molecular flexibility index (Phi) is 3.19. The molecule has 86 valence electrons. The number of halogens is 1. The number of amides is 1. The number of hydrogen-bond donors (Lipinski definition) is 0. The van der Waals surface area contributed by atoms with Crippen LogP contribution in [0.5, 0.6) is 0 Å². The molecule has 1 unspecified atom stereocenters. The molecule has 1 atom stereocenters. The lowest BCUT2D eigenvalue weighted by molar-refractivity contribution is -0.116.